The molecule has 6 heteroatoms. The summed E-state index contributed by atoms with van der Waals surface area (Å²) in [6.45, 7) is 4.33. The zero-order valence-electron chi connectivity index (χ0n) is 10.0. The van der Waals surface area contributed by atoms with E-state index < -0.39 is 18.1 Å². The Morgan fingerprint density at radius 1 is 1.25 bits per heavy atom. The van der Waals surface area contributed by atoms with E-state index >= 15 is 0 Å². The second kappa shape index (κ2) is 5.84. The molecule has 1 atom stereocenters. The van der Waals surface area contributed by atoms with Gasteiger partial charge in [-0.05, 0) is 12.3 Å². The lowest BCUT2D eigenvalue weighted by atomic mass is 9.85. The molecule has 0 heterocycles. The molecule has 0 aliphatic carbocycles. The normalized spacial score (nSPS) is 15.6. The van der Waals surface area contributed by atoms with Gasteiger partial charge in [-0.3, -0.25) is 4.90 Å². The number of aliphatic hydroxyl groups is 1. The van der Waals surface area contributed by atoms with Crippen molar-refractivity contribution in [3.63, 3.8) is 0 Å². The third kappa shape index (κ3) is 6.30. The molecule has 0 saturated carbocycles. The van der Waals surface area contributed by atoms with Crippen molar-refractivity contribution in [1.29, 1.82) is 0 Å². The van der Waals surface area contributed by atoms with Crippen molar-refractivity contribution in [2.45, 2.75) is 33.0 Å². The van der Waals surface area contributed by atoms with E-state index in [0.717, 1.165) is 0 Å². The summed E-state index contributed by atoms with van der Waals surface area (Å²) in [6, 6.07) is -0.207. The van der Waals surface area contributed by atoms with Gasteiger partial charge in [0, 0.05) is 19.1 Å². The van der Waals surface area contributed by atoms with E-state index in [-0.39, 0.29) is 25.7 Å². The summed E-state index contributed by atoms with van der Waals surface area (Å²) in [4.78, 5) is 1.18. The summed E-state index contributed by atoms with van der Waals surface area (Å²) in [5, 5.41) is 8.73. The fraction of sp³-hybridized carbons (Fsp3) is 1.00. The maximum absolute atomic E-state index is 12.3. The molecule has 3 nitrogen and oxygen atoms in total. The third-order valence-corrected chi connectivity index (χ3v) is 2.68. The monoisotopic (exact) mass is 242 g/mol. The van der Waals surface area contributed by atoms with Crippen molar-refractivity contribution in [3.8, 4) is 0 Å². The molecule has 0 radical (unpaired) electrons. The lowest BCUT2D eigenvalue weighted by Crippen LogP contribution is -2.47. The lowest BCUT2D eigenvalue weighted by molar-refractivity contribution is -0.149. The van der Waals surface area contributed by atoms with Crippen molar-refractivity contribution < 1.29 is 18.3 Å². The minimum absolute atomic E-state index is 0.00958. The zero-order valence-corrected chi connectivity index (χ0v) is 10.0. The predicted octanol–water partition coefficient (Wildman–Crippen LogP) is 1.22. The van der Waals surface area contributed by atoms with E-state index in [1.807, 2.05) is 13.8 Å². The lowest BCUT2D eigenvalue weighted by Gasteiger charge is -2.35. The first-order valence-corrected chi connectivity index (χ1v) is 5.24. The van der Waals surface area contributed by atoms with Crippen LogP contribution in [0.4, 0.5) is 13.2 Å². The molecular formula is C10H21F3N2O. The largest absolute Gasteiger partial charge is 0.401 e. The maximum Gasteiger partial charge on any atom is 0.401 e. The Balaban J connectivity index is 4.44. The van der Waals surface area contributed by atoms with Crippen LogP contribution in [0.5, 0.6) is 0 Å². The predicted molar refractivity (Wildman–Crippen MR) is 57.0 cm³/mol. The summed E-state index contributed by atoms with van der Waals surface area (Å²) in [5.74, 6) is 0. The van der Waals surface area contributed by atoms with Gasteiger partial charge in [0.2, 0.25) is 0 Å². The summed E-state index contributed by atoms with van der Waals surface area (Å²) in [5.41, 5.74) is 5.29. The molecule has 0 aromatic rings. The van der Waals surface area contributed by atoms with Crippen molar-refractivity contribution >= 4 is 0 Å². The molecule has 98 valence electrons. The average molecular weight is 242 g/mol. The van der Waals surface area contributed by atoms with Gasteiger partial charge < -0.3 is 10.8 Å². The van der Waals surface area contributed by atoms with Crippen LogP contribution in [0.3, 0.4) is 0 Å². The summed E-state index contributed by atoms with van der Waals surface area (Å²) < 4.78 is 36.8. The Bertz CT molecular complexity index is 205. The number of hydrogen-bond donors (Lipinski definition) is 2. The van der Waals surface area contributed by atoms with Crippen LogP contribution in [0.2, 0.25) is 0 Å². The number of nitrogens with two attached hydrogens (primary N) is 1. The zero-order chi connectivity index (χ0) is 13.0. The summed E-state index contributed by atoms with van der Waals surface area (Å²) in [7, 11) is 0. The smallest absolute Gasteiger partial charge is 0.395 e. The van der Waals surface area contributed by atoms with E-state index in [4.69, 9.17) is 10.8 Å². The van der Waals surface area contributed by atoms with Crippen LogP contribution in [-0.2, 0) is 0 Å². The molecule has 0 aromatic carbocycles. The molecule has 0 bridgehead atoms. The molecule has 0 amide bonds. The molecule has 0 aliphatic heterocycles. The van der Waals surface area contributed by atoms with Crippen molar-refractivity contribution in [1.82, 2.24) is 4.90 Å². The second-order valence-electron chi connectivity index (χ2n) is 4.83. The molecule has 1 unspecified atom stereocenters. The maximum atomic E-state index is 12.3. The fourth-order valence-electron chi connectivity index (χ4n) is 1.33. The average Bonchev–Trinajstić information content (AvgIpc) is 1.99. The molecule has 16 heavy (non-hydrogen) atoms. The first-order valence-electron chi connectivity index (χ1n) is 5.24. The second-order valence-corrected chi connectivity index (χ2v) is 4.83. The minimum atomic E-state index is -4.25. The van der Waals surface area contributed by atoms with Crippen molar-refractivity contribution in [2.24, 2.45) is 11.1 Å². The highest BCUT2D eigenvalue weighted by atomic mass is 19.4. The fourth-order valence-corrected chi connectivity index (χ4v) is 1.33. The SMILES string of the molecule is CC(N)C(C)(C)CN(CCO)CC(F)(F)F. The molecule has 0 aliphatic rings. The highest BCUT2D eigenvalue weighted by Gasteiger charge is 2.34. The summed E-state index contributed by atoms with van der Waals surface area (Å²) in [6.07, 6.45) is -4.25. The van der Waals surface area contributed by atoms with Gasteiger partial charge in [0.25, 0.3) is 0 Å². The van der Waals surface area contributed by atoms with Crippen LogP contribution in [0.1, 0.15) is 20.8 Å². The van der Waals surface area contributed by atoms with Gasteiger partial charge in [0.05, 0.1) is 13.2 Å². The van der Waals surface area contributed by atoms with Crippen LogP contribution in [-0.4, -0.2) is 48.5 Å². The van der Waals surface area contributed by atoms with Gasteiger partial charge in [-0.25, -0.2) is 0 Å². The van der Waals surface area contributed by atoms with E-state index in [9.17, 15) is 13.2 Å². The van der Waals surface area contributed by atoms with Gasteiger partial charge >= 0.3 is 6.18 Å². The molecule has 0 rings (SSSR count). The van der Waals surface area contributed by atoms with Crippen LogP contribution < -0.4 is 5.73 Å². The highest BCUT2D eigenvalue weighted by molar-refractivity contribution is 4.82. The highest BCUT2D eigenvalue weighted by Crippen LogP contribution is 2.23. The van der Waals surface area contributed by atoms with Crippen LogP contribution in [0.15, 0.2) is 0 Å². The van der Waals surface area contributed by atoms with Gasteiger partial charge in [-0.2, -0.15) is 13.2 Å². The molecule has 0 spiro atoms. The van der Waals surface area contributed by atoms with Crippen LogP contribution in [0, 0.1) is 5.41 Å². The topological polar surface area (TPSA) is 49.5 Å². The van der Waals surface area contributed by atoms with E-state index in [2.05, 4.69) is 0 Å². The molecule has 0 aromatic heterocycles. The van der Waals surface area contributed by atoms with Crippen molar-refractivity contribution in [2.75, 3.05) is 26.2 Å². The first kappa shape index (κ1) is 15.7. The first-order chi connectivity index (χ1) is 7.08. The molecular weight excluding hydrogens is 221 g/mol. The van der Waals surface area contributed by atoms with E-state index in [1.54, 1.807) is 6.92 Å². The Hall–Kier alpha value is -0.330. The Kier molecular flexibility index (Phi) is 5.72. The van der Waals surface area contributed by atoms with Crippen molar-refractivity contribution in [3.05, 3.63) is 0 Å². The number of halogens is 3. The van der Waals surface area contributed by atoms with Gasteiger partial charge in [0.1, 0.15) is 0 Å². The van der Waals surface area contributed by atoms with E-state index in [1.165, 1.54) is 4.90 Å². The minimum Gasteiger partial charge on any atom is -0.395 e. The number of hydrogen-bond acceptors (Lipinski definition) is 3. The number of aliphatic hydroxyl groups excluding tert-OH is 1. The molecule has 0 fully saturated rings. The number of alkyl halides is 3. The van der Waals surface area contributed by atoms with Crippen LogP contribution >= 0.6 is 0 Å². The van der Waals surface area contributed by atoms with Gasteiger partial charge in [-0.15, -0.1) is 0 Å². The van der Waals surface area contributed by atoms with E-state index in [0.29, 0.717) is 0 Å². The quantitative estimate of drug-likeness (QED) is 0.736. The van der Waals surface area contributed by atoms with Gasteiger partial charge in [0.15, 0.2) is 0 Å². The Labute approximate surface area is 94.4 Å². The summed E-state index contributed by atoms with van der Waals surface area (Å²) >= 11 is 0. The Morgan fingerprint density at radius 2 is 1.75 bits per heavy atom. The van der Waals surface area contributed by atoms with Crippen LogP contribution in [0.25, 0.3) is 0 Å². The number of rotatable bonds is 6. The van der Waals surface area contributed by atoms with Gasteiger partial charge in [-0.1, -0.05) is 13.8 Å². The number of nitrogens with zero attached hydrogens (tertiary/aromatic N) is 1. The molecule has 3 N–H and O–H groups in total. The standard InChI is InChI=1S/C10H21F3N2O/c1-8(14)9(2,3)6-15(4-5-16)7-10(11,12)13/h8,16H,4-7,14H2,1-3H3. The Morgan fingerprint density at radius 3 is 2.06 bits per heavy atom. The third-order valence-electron chi connectivity index (χ3n) is 2.68. The molecule has 0 saturated heterocycles.